The zero-order chi connectivity index (χ0) is 16.4. The van der Waals surface area contributed by atoms with Gasteiger partial charge in [0.25, 0.3) is 0 Å². The second kappa shape index (κ2) is 6.16. The minimum atomic E-state index is -4.75. The van der Waals surface area contributed by atoms with Gasteiger partial charge < -0.3 is 9.84 Å². The van der Waals surface area contributed by atoms with E-state index in [1.807, 2.05) is 6.92 Å². The molecular weight excluding hydrogens is 293 g/mol. The maximum atomic E-state index is 13.1. The van der Waals surface area contributed by atoms with E-state index < -0.39 is 11.8 Å². The van der Waals surface area contributed by atoms with Crippen LogP contribution in [0.25, 0.3) is 10.8 Å². The standard InChI is InChI=1S/C17H19F3O2/c1-3-4-10-22-13-9-8-12-6-5-7-15(14(12)11-13)16(2,21)17(18,19)20/h5-9,11,21H,3-4,10H2,1-2H3. The average molecular weight is 312 g/mol. The summed E-state index contributed by atoms with van der Waals surface area (Å²) < 4.78 is 44.9. The molecule has 1 unspecified atom stereocenters. The summed E-state index contributed by atoms with van der Waals surface area (Å²) in [4.78, 5) is 0. The summed E-state index contributed by atoms with van der Waals surface area (Å²) in [6.07, 6.45) is -2.90. The fraction of sp³-hybridized carbons (Fsp3) is 0.412. The molecule has 0 heterocycles. The fourth-order valence-corrected chi connectivity index (χ4v) is 2.25. The first kappa shape index (κ1) is 16.6. The van der Waals surface area contributed by atoms with E-state index in [2.05, 4.69) is 0 Å². The molecule has 5 heteroatoms. The Morgan fingerprint density at radius 2 is 1.86 bits per heavy atom. The molecule has 2 aromatic rings. The first-order chi connectivity index (χ1) is 10.3. The summed E-state index contributed by atoms with van der Waals surface area (Å²) in [5.74, 6) is 0.506. The number of ether oxygens (including phenoxy) is 1. The van der Waals surface area contributed by atoms with Crippen LogP contribution in [0.4, 0.5) is 13.2 Å². The molecule has 0 aromatic heterocycles. The van der Waals surface area contributed by atoms with Crippen LogP contribution < -0.4 is 4.74 Å². The molecule has 2 nitrogen and oxygen atoms in total. The SMILES string of the molecule is CCCCOc1ccc2cccc(C(C)(O)C(F)(F)F)c2c1. The summed E-state index contributed by atoms with van der Waals surface area (Å²) in [5, 5.41) is 10.9. The van der Waals surface area contributed by atoms with Gasteiger partial charge in [0.1, 0.15) is 5.75 Å². The average Bonchev–Trinajstić information content (AvgIpc) is 2.45. The monoisotopic (exact) mass is 312 g/mol. The van der Waals surface area contributed by atoms with Crippen LogP contribution in [0.1, 0.15) is 32.3 Å². The smallest absolute Gasteiger partial charge is 0.421 e. The van der Waals surface area contributed by atoms with Crippen molar-refractivity contribution >= 4 is 10.8 Å². The Morgan fingerprint density at radius 1 is 1.14 bits per heavy atom. The first-order valence-corrected chi connectivity index (χ1v) is 7.22. The van der Waals surface area contributed by atoms with Gasteiger partial charge in [-0.1, -0.05) is 37.6 Å². The van der Waals surface area contributed by atoms with Crippen molar-refractivity contribution in [1.82, 2.24) is 0 Å². The summed E-state index contributed by atoms with van der Waals surface area (Å²) in [5.41, 5.74) is -3.08. The molecule has 1 N–H and O–H groups in total. The number of hydrogen-bond acceptors (Lipinski definition) is 2. The van der Waals surface area contributed by atoms with Gasteiger partial charge in [0.05, 0.1) is 6.61 Å². The number of alkyl halides is 3. The molecule has 0 fully saturated rings. The van der Waals surface area contributed by atoms with Crippen molar-refractivity contribution in [3.05, 3.63) is 42.0 Å². The van der Waals surface area contributed by atoms with Crippen LogP contribution in [0.3, 0.4) is 0 Å². The van der Waals surface area contributed by atoms with Gasteiger partial charge in [0.2, 0.25) is 0 Å². The summed E-state index contributed by atoms with van der Waals surface area (Å²) in [6.45, 7) is 3.31. The quantitative estimate of drug-likeness (QED) is 0.804. The molecule has 0 spiro atoms. The van der Waals surface area contributed by atoms with Crippen LogP contribution in [0.2, 0.25) is 0 Å². The molecule has 2 rings (SSSR count). The van der Waals surface area contributed by atoms with Gasteiger partial charge >= 0.3 is 6.18 Å². The fourth-order valence-electron chi connectivity index (χ4n) is 2.25. The molecule has 120 valence electrons. The number of hydrogen-bond donors (Lipinski definition) is 1. The van der Waals surface area contributed by atoms with Crippen LogP contribution in [0.15, 0.2) is 36.4 Å². The topological polar surface area (TPSA) is 29.5 Å². The molecule has 1 atom stereocenters. The van der Waals surface area contributed by atoms with Crippen LogP contribution >= 0.6 is 0 Å². The van der Waals surface area contributed by atoms with Crippen molar-refractivity contribution in [2.45, 2.75) is 38.5 Å². The Bertz CT molecular complexity index is 648. The largest absolute Gasteiger partial charge is 0.494 e. The number of benzene rings is 2. The molecular formula is C17H19F3O2. The highest BCUT2D eigenvalue weighted by Gasteiger charge is 2.51. The van der Waals surface area contributed by atoms with Crippen molar-refractivity contribution in [3.8, 4) is 5.75 Å². The molecule has 0 bridgehead atoms. The molecule has 0 radical (unpaired) electrons. The van der Waals surface area contributed by atoms with Crippen molar-refractivity contribution in [2.75, 3.05) is 6.61 Å². The Kier molecular flexibility index (Phi) is 4.66. The van der Waals surface area contributed by atoms with Crippen LogP contribution in [-0.4, -0.2) is 17.9 Å². The number of rotatable bonds is 5. The molecule has 0 saturated heterocycles. The van der Waals surface area contributed by atoms with E-state index in [0.717, 1.165) is 19.8 Å². The summed E-state index contributed by atoms with van der Waals surface area (Å²) in [7, 11) is 0. The van der Waals surface area contributed by atoms with Crippen LogP contribution in [0.5, 0.6) is 5.75 Å². The number of unbranched alkanes of at least 4 members (excludes halogenated alkanes) is 1. The molecule has 0 amide bonds. The third-order valence-electron chi connectivity index (χ3n) is 3.70. The van der Waals surface area contributed by atoms with Crippen molar-refractivity contribution < 1.29 is 23.0 Å². The molecule has 2 aromatic carbocycles. The Morgan fingerprint density at radius 3 is 2.50 bits per heavy atom. The van der Waals surface area contributed by atoms with Crippen molar-refractivity contribution in [2.24, 2.45) is 0 Å². The highest BCUT2D eigenvalue weighted by Crippen LogP contribution is 2.41. The predicted octanol–water partition coefficient (Wildman–Crippen LogP) is 4.79. The van der Waals surface area contributed by atoms with Crippen molar-refractivity contribution in [1.29, 1.82) is 0 Å². The number of fused-ring (bicyclic) bond motifs is 1. The molecule has 0 aliphatic heterocycles. The minimum Gasteiger partial charge on any atom is -0.494 e. The van der Waals surface area contributed by atoms with E-state index in [1.54, 1.807) is 24.3 Å². The lowest BCUT2D eigenvalue weighted by Gasteiger charge is -2.28. The van der Waals surface area contributed by atoms with Crippen LogP contribution in [-0.2, 0) is 5.60 Å². The van der Waals surface area contributed by atoms with E-state index in [4.69, 9.17) is 4.74 Å². The van der Waals surface area contributed by atoms with Gasteiger partial charge in [-0.15, -0.1) is 0 Å². The van der Waals surface area contributed by atoms with E-state index in [-0.39, 0.29) is 5.56 Å². The predicted molar refractivity (Wildman–Crippen MR) is 80.0 cm³/mol. The zero-order valence-electron chi connectivity index (χ0n) is 12.6. The number of halogens is 3. The Balaban J connectivity index is 2.48. The van der Waals surface area contributed by atoms with Crippen molar-refractivity contribution in [3.63, 3.8) is 0 Å². The highest BCUT2D eigenvalue weighted by molar-refractivity contribution is 5.87. The third-order valence-corrected chi connectivity index (χ3v) is 3.70. The molecule has 0 aliphatic carbocycles. The van der Waals surface area contributed by atoms with Gasteiger partial charge in [0.15, 0.2) is 5.60 Å². The van der Waals surface area contributed by atoms with Gasteiger partial charge in [-0.2, -0.15) is 13.2 Å². The highest BCUT2D eigenvalue weighted by atomic mass is 19.4. The van der Waals surface area contributed by atoms with Gasteiger partial charge in [0, 0.05) is 5.56 Å². The summed E-state index contributed by atoms with van der Waals surface area (Å²) in [6, 6.07) is 9.50. The van der Waals surface area contributed by atoms with Gasteiger partial charge in [-0.25, -0.2) is 0 Å². The van der Waals surface area contributed by atoms with Crippen LogP contribution in [0, 0.1) is 0 Å². The lowest BCUT2D eigenvalue weighted by Crippen LogP contribution is -2.39. The molecule has 0 saturated carbocycles. The molecule has 0 aliphatic rings. The van der Waals surface area contributed by atoms with E-state index >= 15 is 0 Å². The second-order valence-electron chi connectivity index (χ2n) is 5.46. The zero-order valence-corrected chi connectivity index (χ0v) is 12.6. The molecule has 22 heavy (non-hydrogen) atoms. The lowest BCUT2D eigenvalue weighted by molar-refractivity contribution is -0.258. The van der Waals surface area contributed by atoms with Gasteiger partial charge in [-0.05, 0) is 36.2 Å². The number of aliphatic hydroxyl groups is 1. The first-order valence-electron chi connectivity index (χ1n) is 7.22. The second-order valence-corrected chi connectivity index (χ2v) is 5.46. The Hall–Kier alpha value is -1.75. The van der Waals surface area contributed by atoms with E-state index in [0.29, 0.717) is 23.1 Å². The maximum Gasteiger partial charge on any atom is 0.421 e. The maximum absolute atomic E-state index is 13.1. The van der Waals surface area contributed by atoms with E-state index in [1.165, 1.54) is 12.1 Å². The Labute approximate surface area is 127 Å². The van der Waals surface area contributed by atoms with E-state index in [9.17, 15) is 18.3 Å². The summed E-state index contributed by atoms with van der Waals surface area (Å²) >= 11 is 0. The lowest BCUT2D eigenvalue weighted by atomic mass is 9.90. The van der Waals surface area contributed by atoms with Gasteiger partial charge in [-0.3, -0.25) is 0 Å². The minimum absolute atomic E-state index is 0.168. The third kappa shape index (κ3) is 3.19. The normalized spacial score (nSPS) is 14.8.